The van der Waals surface area contributed by atoms with Crippen molar-refractivity contribution in [2.24, 2.45) is 5.92 Å². The predicted molar refractivity (Wildman–Crippen MR) is 135 cm³/mol. The second-order valence-electron chi connectivity index (χ2n) is 9.39. The Morgan fingerprint density at radius 1 is 1.12 bits per heavy atom. The first-order valence-electron chi connectivity index (χ1n) is 12.1. The van der Waals surface area contributed by atoms with Gasteiger partial charge in [-0.2, -0.15) is 0 Å². The van der Waals surface area contributed by atoms with Crippen molar-refractivity contribution in [3.05, 3.63) is 77.6 Å². The van der Waals surface area contributed by atoms with Gasteiger partial charge in [-0.15, -0.1) is 0 Å². The Hall–Kier alpha value is -3.54. The third-order valence-corrected chi connectivity index (χ3v) is 6.95. The first-order valence-corrected chi connectivity index (χ1v) is 12.1. The van der Waals surface area contributed by atoms with E-state index >= 15 is 0 Å². The van der Waals surface area contributed by atoms with Gasteiger partial charge in [-0.3, -0.25) is 4.98 Å². The Labute approximate surface area is 200 Å². The van der Waals surface area contributed by atoms with Crippen LogP contribution in [0.25, 0.3) is 0 Å². The average Bonchev–Trinajstić information content (AvgIpc) is 3.70. The molecular weight excluding hydrogens is 426 g/mol. The van der Waals surface area contributed by atoms with Gasteiger partial charge in [0.2, 0.25) is 0 Å². The topological polar surface area (TPSA) is 74.7 Å². The third kappa shape index (κ3) is 5.01. The maximum atomic E-state index is 11.5. The third-order valence-electron chi connectivity index (χ3n) is 6.95. The summed E-state index contributed by atoms with van der Waals surface area (Å²) in [5, 5.41) is 12.8. The molecule has 1 heterocycles. The van der Waals surface area contributed by atoms with E-state index in [9.17, 15) is 9.90 Å². The number of aromatic nitrogens is 1. The van der Waals surface area contributed by atoms with Crippen molar-refractivity contribution >= 4 is 23.0 Å². The quantitative estimate of drug-likeness (QED) is 0.419. The van der Waals surface area contributed by atoms with Gasteiger partial charge in [0.05, 0.1) is 24.1 Å². The highest BCUT2D eigenvalue weighted by molar-refractivity contribution is 5.93. The number of carboxylic acid groups (broad SMARTS) is 1. The fourth-order valence-corrected chi connectivity index (χ4v) is 4.69. The molecule has 1 aromatic heterocycles. The van der Waals surface area contributed by atoms with E-state index < -0.39 is 5.97 Å². The zero-order valence-corrected chi connectivity index (χ0v) is 19.5. The number of anilines is 3. The average molecular weight is 458 g/mol. The fraction of sp³-hybridized carbons (Fsp3) is 0.357. The number of carboxylic acids is 1. The van der Waals surface area contributed by atoms with E-state index in [4.69, 9.17) is 4.74 Å². The van der Waals surface area contributed by atoms with Gasteiger partial charge >= 0.3 is 5.97 Å². The van der Waals surface area contributed by atoms with E-state index in [1.54, 1.807) is 6.20 Å². The molecule has 0 amide bonds. The van der Waals surface area contributed by atoms with E-state index in [0.717, 1.165) is 43.2 Å². The van der Waals surface area contributed by atoms with E-state index in [2.05, 4.69) is 64.7 Å². The summed E-state index contributed by atoms with van der Waals surface area (Å²) in [5.41, 5.74) is 5.84. The summed E-state index contributed by atoms with van der Waals surface area (Å²) in [4.78, 5) is 17.8. The highest BCUT2D eigenvalue weighted by atomic mass is 16.5. The zero-order valence-electron chi connectivity index (χ0n) is 19.5. The van der Waals surface area contributed by atoms with Gasteiger partial charge in [0.15, 0.2) is 0 Å². The Morgan fingerprint density at radius 3 is 2.68 bits per heavy atom. The van der Waals surface area contributed by atoms with Crippen LogP contribution in [-0.2, 0) is 6.42 Å². The number of hydrogen-bond acceptors (Lipinski definition) is 5. The van der Waals surface area contributed by atoms with Crippen LogP contribution in [-0.4, -0.2) is 36.3 Å². The fourth-order valence-electron chi connectivity index (χ4n) is 4.69. The first kappa shape index (κ1) is 22.3. The monoisotopic (exact) mass is 457 g/mol. The molecule has 6 nitrogen and oxygen atoms in total. The summed E-state index contributed by atoms with van der Waals surface area (Å²) < 4.78 is 5.87. The minimum Gasteiger partial charge on any atom is -0.493 e. The van der Waals surface area contributed by atoms with Gasteiger partial charge in [0.25, 0.3) is 0 Å². The van der Waals surface area contributed by atoms with Crippen molar-refractivity contribution in [3.63, 3.8) is 0 Å². The Bertz CT molecular complexity index is 1160. The molecule has 0 saturated heterocycles. The number of aromatic carboxylic acids is 1. The molecule has 5 rings (SSSR count). The van der Waals surface area contributed by atoms with E-state index in [1.165, 1.54) is 41.9 Å². The SMILES string of the molecule is CN(c1ccc(OCC2CC2)cc1)c1ccc2c(c1)CCC[C@H]2CNc1cnccc1C(=O)O. The van der Waals surface area contributed by atoms with Crippen molar-refractivity contribution in [1.29, 1.82) is 0 Å². The molecule has 2 aliphatic rings. The molecule has 0 radical (unpaired) electrons. The highest BCUT2D eigenvalue weighted by Gasteiger charge is 2.23. The molecule has 0 unspecified atom stereocenters. The van der Waals surface area contributed by atoms with Gasteiger partial charge in [0, 0.05) is 37.1 Å². The molecule has 1 fully saturated rings. The molecule has 3 aromatic rings. The summed E-state index contributed by atoms with van der Waals surface area (Å²) in [5.74, 6) is 1.09. The molecule has 2 aromatic carbocycles. The Morgan fingerprint density at radius 2 is 1.91 bits per heavy atom. The van der Waals surface area contributed by atoms with Crippen LogP contribution in [0.3, 0.4) is 0 Å². The molecule has 0 bridgehead atoms. The largest absolute Gasteiger partial charge is 0.493 e. The lowest BCUT2D eigenvalue weighted by Gasteiger charge is -2.28. The van der Waals surface area contributed by atoms with Crippen LogP contribution in [0.2, 0.25) is 0 Å². The van der Waals surface area contributed by atoms with Gasteiger partial charge in [0.1, 0.15) is 5.75 Å². The van der Waals surface area contributed by atoms with Crippen LogP contribution < -0.4 is 15.0 Å². The van der Waals surface area contributed by atoms with Crippen LogP contribution in [0.4, 0.5) is 17.1 Å². The highest BCUT2D eigenvalue weighted by Crippen LogP contribution is 2.36. The molecule has 2 N–H and O–H groups in total. The van der Waals surface area contributed by atoms with Crippen molar-refractivity contribution < 1.29 is 14.6 Å². The number of carbonyl (C=O) groups is 1. The minimum absolute atomic E-state index is 0.256. The molecule has 1 saturated carbocycles. The summed E-state index contributed by atoms with van der Waals surface area (Å²) in [6, 6.07) is 16.6. The van der Waals surface area contributed by atoms with Crippen molar-refractivity contribution in [3.8, 4) is 5.75 Å². The molecule has 2 aliphatic carbocycles. The first-order chi connectivity index (χ1) is 16.6. The number of rotatable bonds is 9. The number of nitrogens with one attached hydrogen (secondary N) is 1. The summed E-state index contributed by atoms with van der Waals surface area (Å²) in [7, 11) is 2.10. The zero-order chi connectivity index (χ0) is 23.5. The number of pyridine rings is 1. The Kier molecular flexibility index (Phi) is 6.39. The van der Waals surface area contributed by atoms with Crippen LogP contribution in [0, 0.1) is 5.92 Å². The number of ether oxygens (including phenoxy) is 1. The second kappa shape index (κ2) is 9.75. The molecule has 6 heteroatoms. The minimum atomic E-state index is -0.941. The molecular formula is C28H31N3O3. The normalized spacial score (nSPS) is 17.0. The van der Waals surface area contributed by atoms with E-state index in [-0.39, 0.29) is 5.56 Å². The maximum absolute atomic E-state index is 11.5. The van der Waals surface area contributed by atoms with Gasteiger partial charge in [-0.25, -0.2) is 4.79 Å². The van der Waals surface area contributed by atoms with E-state index in [0.29, 0.717) is 18.2 Å². The summed E-state index contributed by atoms with van der Waals surface area (Å²) >= 11 is 0. The Balaban J connectivity index is 1.27. The van der Waals surface area contributed by atoms with Crippen LogP contribution in [0.5, 0.6) is 5.75 Å². The predicted octanol–water partition coefficient (Wildman–Crippen LogP) is 5.87. The molecule has 0 aliphatic heterocycles. The lowest BCUT2D eigenvalue weighted by atomic mass is 9.82. The van der Waals surface area contributed by atoms with E-state index in [1.807, 2.05) is 0 Å². The van der Waals surface area contributed by atoms with Gasteiger partial charge in [-0.1, -0.05) is 6.07 Å². The maximum Gasteiger partial charge on any atom is 0.337 e. The standard InChI is InChI=1S/C28H31N3O3/c1-31(22-7-10-24(11-8-22)34-18-19-5-6-19)23-9-12-25-20(15-23)3-2-4-21(25)16-30-27-17-29-14-13-26(27)28(32)33/h7-15,17,19,21,30H,2-6,16,18H2,1H3,(H,32,33)/t21-/m0/s1. The number of aryl methyl sites for hydroxylation is 1. The lowest BCUT2D eigenvalue weighted by molar-refractivity contribution is 0.0697. The molecule has 0 spiro atoms. The number of benzene rings is 2. The van der Waals surface area contributed by atoms with Crippen molar-refractivity contribution in [2.75, 3.05) is 30.4 Å². The van der Waals surface area contributed by atoms with Crippen LogP contribution >= 0.6 is 0 Å². The van der Waals surface area contributed by atoms with Crippen molar-refractivity contribution in [1.82, 2.24) is 4.98 Å². The number of nitrogens with zero attached hydrogens (tertiary/aromatic N) is 2. The number of hydrogen-bond donors (Lipinski definition) is 2. The van der Waals surface area contributed by atoms with Gasteiger partial charge in [-0.05, 0) is 91.6 Å². The van der Waals surface area contributed by atoms with Crippen molar-refractivity contribution in [2.45, 2.75) is 38.0 Å². The molecule has 34 heavy (non-hydrogen) atoms. The molecule has 176 valence electrons. The molecule has 1 atom stereocenters. The summed E-state index contributed by atoms with van der Waals surface area (Å²) in [6.07, 6.45) is 8.96. The van der Waals surface area contributed by atoms with Gasteiger partial charge < -0.3 is 20.1 Å². The summed E-state index contributed by atoms with van der Waals surface area (Å²) in [6.45, 7) is 1.52. The second-order valence-corrected chi connectivity index (χ2v) is 9.39. The van der Waals surface area contributed by atoms with Crippen LogP contribution in [0.1, 0.15) is 53.1 Å². The number of fused-ring (bicyclic) bond motifs is 1. The lowest BCUT2D eigenvalue weighted by Crippen LogP contribution is -2.20. The smallest absolute Gasteiger partial charge is 0.337 e. The van der Waals surface area contributed by atoms with Crippen LogP contribution in [0.15, 0.2) is 60.9 Å².